The summed E-state index contributed by atoms with van der Waals surface area (Å²) >= 11 is 0. The average Bonchev–Trinajstić information content (AvgIpc) is 2.96. The quantitative estimate of drug-likeness (QED) is 0.776. The molecule has 0 radical (unpaired) electrons. The van der Waals surface area contributed by atoms with Crippen LogP contribution in [0.4, 0.5) is 0 Å². The van der Waals surface area contributed by atoms with Crippen LogP contribution in [0.3, 0.4) is 0 Å². The molecule has 3 nitrogen and oxygen atoms in total. The summed E-state index contributed by atoms with van der Waals surface area (Å²) in [5.74, 6) is 1.11. The third-order valence-corrected chi connectivity index (χ3v) is 7.91. The Labute approximate surface area is 138 Å². The molecular weight excluding hydrogens is 288 g/mol. The standard InChI is InChI=1S/C20H28O3/c1-13-15(21)11-19(3)16(5-6-17-20(19,4)23-17)18(13,2)9-7-14-8-10-22-12-14/h8,10,12-13,16-17H,5-7,9,11H2,1-4H3/t13-,16-,17-,18-,19-,20-/m0/s1. The van der Waals surface area contributed by atoms with Crippen molar-refractivity contribution in [3.63, 3.8) is 0 Å². The second-order valence-electron chi connectivity index (χ2n) is 8.76. The van der Waals surface area contributed by atoms with Gasteiger partial charge in [-0.15, -0.1) is 0 Å². The van der Waals surface area contributed by atoms with E-state index < -0.39 is 0 Å². The molecule has 2 saturated carbocycles. The third kappa shape index (κ3) is 1.95. The summed E-state index contributed by atoms with van der Waals surface area (Å²) in [7, 11) is 0. The molecular formula is C20H28O3. The Hall–Kier alpha value is -1.09. The fourth-order valence-electron chi connectivity index (χ4n) is 5.86. The van der Waals surface area contributed by atoms with Crippen LogP contribution in [-0.2, 0) is 16.0 Å². The van der Waals surface area contributed by atoms with E-state index in [1.807, 2.05) is 12.3 Å². The predicted octanol–water partition coefficient (Wildman–Crippen LogP) is 4.40. The largest absolute Gasteiger partial charge is 0.472 e. The molecule has 3 fully saturated rings. The summed E-state index contributed by atoms with van der Waals surface area (Å²) < 4.78 is 11.3. The van der Waals surface area contributed by atoms with Crippen molar-refractivity contribution in [2.24, 2.45) is 22.7 Å². The predicted molar refractivity (Wildman–Crippen MR) is 88.0 cm³/mol. The van der Waals surface area contributed by atoms with Gasteiger partial charge in [-0.3, -0.25) is 4.79 Å². The van der Waals surface area contributed by atoms with Crippen LogP contribution in [0, 0.1) is 22.7 Å². The normalized spacial score (nSPS) is 48.7. The molecule has 2 heterocycles. The van der Waals surface area contributed by atoms with E-state index in [1.165, 1.54) is 12.0 Å². The molecule has 126 valence electrons. The van der Waals surface area contributed by atoms with E-state index in [4.69, 9.17) is 9.15 Å². The number of epoxide rings is 1. The molecule has 0 bridgehead atoms. The second-order valence-corrected chi connectivity index (χ2v) is 8.76. The number of ketones is 1. The molecule has 0 amide bonds. The van der Waals surface area contributed by atoms with Gasteiger partial charge < -0.3 is 9.15 Å². The fourth-order valence-corrected chi connectivity index (χ4v) is 5.86. The number of ether oxygens (including phenoxy) is 1. The number of Topliss-reactive ketones (excluding diaryl/α,β-unsaturated/α-hetero) is 1. The zero-order valence-electron chi connectivity index (χ0n) is 14.7. The maximum Gasteiger partial charge on any atom is 0.136 e. The molecule has 0 aromatic carbocycles. The Balaban J connectivity index is 1.67. The van der Waals surface area contributed by atoms with Gasteiger partial charge in [0.2, 0.25) is 0 Å². The molecule has 0 N–H and O–H groups in total. The van der Waals surface area contributed by atoms with Gasteiger partial charge in [-0.1, -0.05) is 20.8 Å². The first-order valence-corrected chi connectivity index (χ1v) is 9.03. The minimum absolute atomic E-state index is 0.00927. The van der Waals surface area contributed by atoms with E-state index in [9.17, 15) is 4.79 Å². The smallest absolute Gasteiger partial charge is 0.136 e. The highest BCUT2D eigenvalue weighted by Gasteiger charge is 2.72. The first-order valence-electron chi connectivity index (χ1n) is 9.03. The lowest BCUT2D eigenvalue weighted by Gasteiger charge is -2.58. The van der Waals surface area contributed by atoms with Crippen LogP contribution in [0.1, 0.15) is 58.9 Å². The number of carbonyl (C=O) groups is 1. The van der Waals surface area contributed by atoms with Crippen LogP contribution >= 0.6 is 0 Å². The monoisotopic (exact) mass is 316 g/mol. The minimum atomic E-state index is -0.0807. The van der Waals surface area contributed by atoms with Crippen molar-refractivity contribution in [3.8, 4) is 0 Å². The first-order chi connectivity index (χ1) is 10.8. The molecule has 2 aliphatic carbocycles. The molecule has 1 aromatic heterocycles. The van der Waals surface area contributed by atoms with Gasteiger partial charge in [-0.05, 0) is 55.6 Å². The molecule has 0 spiro atoms. The van der Waals surface area contributed by atoms with Gasteiger partial charge in [0.25, 0.3) is 0 Å². The SMILES string of the molecule is C[C@H]1C(=O)C[C@@]2(C)[C@@H](CC[C@@H]3O[C@@]32C)[C@@]1(C)CCc1ccoc1. The molecule has 1 aliphatic heterocycles. The molecule has 0 unspecified atom stereocenters. The number of carbonyl (C=O) groups excluding carboxylic acids is 1. The number of hydrogen-bond donors (Lipinski definition) is 0. The van der Waals surface area contributed by atoms with Crippen LogP contribution in [0.25, 0.3) is 0 Å². The number of fused-ring (bicyclic) bond motifs is 3. The number of hydrogen-bond acceptors (Lipinski definition) is 3. The Morgan fingerprint density at radius 3 is 2.74 bits per heavy atom. The summed E-state index contributed by atoms with van der Waals surface area (Å²) in [6.45, 7) is 9.06. The molecule has 3 heteroatoms. The lowest BCUT2D eigenvalue weighted by Crippen LogP contribution is -2.59. The Bertz CT molecular complexity index is 621. The van der Waals surface area contributed by atoms with Gasteiger partial charge >= 0.3 is 0 Å². The van der Waals surface area contributed by atoms with Gasteiger partial charge in [0.1, 0.15) is 5.78 Å². The maximum atomic E-state index is 12.9. The minimum Gasteiger partial charge on any atom is -0.472 e. The van der Waals surface area contributed by atoms with Crippen LogP contribution in [0.2, 0.25) is 0 Å². The van der Waals surface area contributed by atoms with Crippen molar-refractivity contribution in [1.82, 2.24) is 0 Å². The zero-order valence-corrected chi connectivity index (χ0v) is 14.7. The molecule has 1 saturated heterocycles. The van der Waals surface area contributed by atoms with Gasteiger partial charge in [-0.2, -0.15) is 0 Å². The Morgan fingerprint density at radius 1 is 1.26 bits per heavy atom. The maximum absolute atomic E-state index is 12.9. The van der Waals surface area contributed by atoms with Crippen molar-refractivity contribution in [2.45, 2.75) is 71.5 Å². The summed E-state index contributed by atoms with van der Waals surface area (Å²) in [6.07, 6.45) is 9.01. The van der Waals surface area contributed by atoms with E-state index in [2.05, 4.69) is 27.7 Å². The van der Waals surface area contributed by atoms with E-state index >= 15 is 0 Å². The lowest BCUT2D eigenvalue weighted by atomic mass is 9.44. The summed E-state index contributed by atoms with van der Waals surface area (Å²) in [5, 5.41) is 0. The molecule has 23 heavy (non-hydrogen) atoms. The number of aryl methyl sites for hydroxylation is 1. The lowest BCUT2D eigenvalue weighted by molar-refractivity contribution is -0.152. The molecule has 6 atom stereocenters. The van der Waals surface area contributed by atoms with Crippen LogP contribution < -0.4 is 0 Å². The Kier molecular flexibility index (Phi) is 3.17. The fraction of sp³-hybridized carbons (Fsp3) is 0.750. The van der Waals surface area contributed by atoms with Crippen LogP contribution in [0.5, 0.6) is 0 Å². The van der Waals surface area contributed by atoms with E-state index in [-0.39, 0.29) is 22.3 Å². The summed E-state index contributed by atoms with van der Waals surface area (Å²) in [5.41, 5.74) is 1.19. The second kappa shape index (κ2) is 4.72. The van der Waals surface area contributed by atoms with Crippen molar-refractivity contribution in [1.29, 1.82) is 0 Å². The number of rotatable bonds is 3. The Morgan fingerprint density at radius 2 is 2.04 bits per heavy atom. The van der Waals surface area contributed by atoms with E-state index in [1.54, 1.807) is 6.26 Å². The van der Waals surface area contributed by atoms with Crippen LogP contribution in [-0.4, -0.2) is 17.5 Å². The zero-order chi connectivity index (χ0) is 16.5. The summed E-state index contributed by atoms with van der Waals surface area (Å²) in [4.78, 5) is 12.9. The van der Waals surface area contributed by atoms with Crippen molar-refractivity contribution < 1.29 is 13.9 Å². The molecule has 3 aliphatic rings. The highest BCUT2D eigenvalue weighted by Crippen LogP contribution is 2.69. The van der Waals surface area contributed by atoms with E-state index in [0.29, 0.717) is 24.2 Å². The number of furan rings is 1. The van der Waals surface area contributed by atoms with Crippen molar-refractivity contribution >= 4 is 5.78 Å². The highest BCUT2D eigenvalue weighted by atomic mass is 16.6. The van der Waals surface area contributed by atoms with Gasteiger partial charge in [0.15, 0.2) is 0 Å². The average molecular weight is 316 g/mol. The van der Waals surface area contributed by atoms with Gasteiger partial charge in [-0.25, -0.2) is 0 Å². The third-order valence-electron chi connectivity index (χ3n) is 7.91. The van der Waals surface area contributed by atoms with Crippen molar-refractivity contribution in [3.05, 3.63) is 24.2 Å². The van der Waals surface area contributed by atoms with E-state index in [0.717, 1.165) is 19.3 Å². The summed E-state index contributed by atoms with van der Waals surface area (Å²) in [6, 6.07) is 2.04. The van der Waals surface area contributed by atoms with Gasteiger partial charge in [0.05, 0.1) is 24.2 Å². The van der Waals surface area contributed by atoms with Crippen LogP contribution in [0.15, 0.2) is 23.0 Å². The molecule has 4 rings (SSSR count). The first kappa shape index (κ1) is 15.4. The van der Waals surface area contributed by atoms with Gasteiger partial charge in [0, 0.05) is 17.8 Å². The topological polar surface area (TPSA) is 42.7 Å². The van der Waals surface area contributed by atoms with Crippen molar-refractivity contribution in [2.75, 3.05) is 0 Å². The molecule has 1 aromatic rings. The highest BCUT2D eigenvalue weighted by molar-refractivity contribution is 5.83.